The van der Waals surface area contributed by atoms with Crippen molar-refractivity contribution in [2.45, 2.75) is 6.92 Å². The lowest BCUT2D eigenvalue weighted by Crippen LogP contribution is -2.25. The molecule has 1 heterocycles. The zero-order valence-corrected chi connectivity index (χ0v) is 14.4. The number of ether oxygens (including phenoxy) is 2. The van der Waals surface area contributed by atoms with E-state index in [1.54, 1.807) is 25.3 Å². The number of thiazole rings is 1. The smallest absolute Gasteiger partial charge is 0.358 e. The highest BCUT2D eigenvalue weighted by Gasteiger charge is 2.22. The quantitative estimate of drug-likeness (QED) is 0.602. The number of ketones is 1. The van der Waals surface area contributed by atoms with E-state index >= 15 is 0 Å². The van der Waals surface area contributed by atoms with E-state index in [0.717, 1.165) is 5.56 Å². The van der Waals surface area contributed by atoms with Crippen LogP contribution in [0.1, 0.15) is 17.4 Å². The lowest BCUT2D eigenvalue weighted by atomic mass is 10.0. The van der Waals surface area contributed by atoms with Crippen LogP contribution in [-0.4, -0.2) is 36.2 Å². The highest BCUT2D eigenvalue weighted by atomic mass is 32.1. The van der Waals surface area contributed by atoms with E-state index in [4.69, 9.17) is 20.1 Å². The number of nitriles is 1. The van der Waals surface area contributed by atoms with Gasteiger partial charge in [-0.3, -0.25) is 4.79 Å². The van der Waals surface area contributed by atoms with Crippen molar-refractivity contribution >= 4 is 28.8 Å². The number of nitrogens with zero attached hydrogens (tertiary/aromatic N) is 2. The van der Waals surface area contributed by atoms with Gasteiger partial charge in [0.25, 0.3) is 0 Å². The summed E-state index contributed by atoms with van der Waals surface area (Å²) in [6.07, 6.45) is 0. The molecule has 1 unspecified atom stereocenters. The van der Waals surface area contributed by atoms with Crippen molar-refractivity contribution in [3.63, 3.8) is 0 Å². The van der Waals surface area contributed by atoms with E-state index in [0.29, 0.717) is 10.8 Å². The topological polar surface area (TPSA) is 113 Å². The highest BCUT2D eigenvalue weighted by Crippen LogP contribution is 2.25. The summed E-state index contributed by atoms with van der Waals surface area (Å²) in [5.74, 6) is -1.86. The molecule has 1 N–H and O–H groups in total. The average molecular weight is 357 g/mol. The Labute approximate surface area is 148 Å². The molecule has 0 spiro atoms. The molecule has 1 atom stereocenters. The minimum Gasteiger partial charge on any atom is -0.497 e. The van der Waals surface area contributed by atoms with Crippen molar-refractivity contribution < 1.29 is 19.1 Å². The second-order valence-corrected chi connectivity index (χ2v) is 5.91. The van der Waals surface area contributed by atoms with Gasteiger partial charge in [0, 0.05) is 16.7 Å². The monoisotopic (exact) mass is 357 g/mol. The molecular formula is C17H15N3O4S. The van der Waals surface area contributed by atoms with Gasteiger partial charge in [-0.15, -0.1) is 11.3 Å². The van der Waals surface area contributed by atoms with E-state index in [-0.39, 0.29) is 11.4 Å². The molecular weight excluding hydrogens is 342 g/mol. The van der Waals surface area contributed by atoms with Crippen LogP contribution >= 0.6 is 11.3 Å². The van der Waals surface area contributed by atoms with Gasteiger partial charge in [-0.25, -0.2) is 9.78 Å². The van der Waals surface area contributed by atoms with Gasteiger partial charge in [0.1, 0.15) is 16.7 Å². The maximum absolute atomic E-state index is 12.0. The minimum atomic E-state index is -1.20. The largest absolute Gasteiger partial charge is 0.497 e. The van der Waals surface area contributed by atoms with E-state index < -0.39 is 24.3 Å². The van der Waals surface area contributed by atoms with E-state index in [1.165, 1.54) is 23.6 Å². The Kier molecular flexibility index (Phi) is 5.98. The summed E-state index contributed by atoms with van der Waals surface area (Å²) in [7, 11) is 1.57. The molecule has 25 heavy (non-hydrogen) atoms. The number of carbonyl (C=O) groups excluding carboxylic acids is 2. The number of carbonyl (C=O) groups is 2. The molecule has 0 aliphatic rings. The van der Waals surface area contributed by atoms with Gasteiger partial charge in [-0.05, 0) is 31.2 Å². The summed E-state index contributed by atoms with van der Waals surface area (Å²) in [5, 5.41) is 18.4. The fourth-order valence-corrected chi connectivity index (χ4v) is 2.73. The third-order valence-corrected chi connectivity index (χ3v) is 4.17. The average Bonchev–Trinajstić information content (AvgIpc) is 3.10. The predicted molar refractivity (Wildman–Crippen MR) is 91.9 cm³/mol. The summed E-state index contributed by atoms with van der Waals surface area (Å²) in [5.41, 5.74) is 0.826. The number of aromatic nitrogens is 1. The SMILES string of the molecule is COc1ccc(-c2nc(C(=O)OCC(=O)C(C#N)C(C)=N)cs2)cc1. The van der Waals surface area contributed by atoms with Gasteiger partial charge in [0.2, 0.25) is 0 Å². The highest BCUT2D eigenvalue weighted by molar-refractivity contribution is 7.13. The summed E-state index contributed by atoms with van der Waals surface area (Å²) in [6.45, 7) is 0.790. The number of Topliss-reactive ketones (excluding diaryl/α,β-unsaturated/α-hetero) is 1. The first kappa shape index (κ1) is 18.3. The van der Waals surface area contributed by atoms with E-state index in [1.807, 2.05) is 12.1 Å². The number of hydrogen-bond donors (Lipinski definition) is 1. The van der Waals surface area contributed by atoms with Crippen molar-refractivity contribution in [2.24, 2.45) is 5.92 Å². The second-order valence-electron chi connectivity index (χ2n) is 5.05. The fraction of sp³-hybridized carbons (Fsp3) is 0.235. The van der Waals surface area contributed by atoms with E-state index in [2.05, 4.69) is 4.98 Å². The van der Waals surface area contributed by atoms with Crippen LogP contribution in [0.2, 0.25) is 0 Å². The van der Waals surface area contributed by atoms with Crippen molar-refractivity contribution in [3.05, 3.63) is 35.3 Å². The lowest BCUT2D eigenvalue weighted by molar-refractivity contribution is -0.122. The van der Waals surface area contributed by atoms with Crippen LogP contribution in [0.3, 0.4) is 0 Å². The maximum atomic E-state index is 12.0. The minimum absolute atomic E-state index is 0.0843. The Morgan fingerprint density at radius 3 is 2.60 bits per heavy atom. The van der Waals surface area contributed by atoms with Crippen molar-refractivity contribution in [1.29, 1.82) is 10.7 Å². The molecule has 7 nitrogen and oxygen atoms in total. The third kappa shape index (κ3) is 4.49. The zero-order chi connectivity index (χ0) is 18.4. The third-order valence-electron chi connectivity index (χ3n) is 3.28. The molecule has 0 bridgehead atoms. The predicted octanol–water partition coefficient (Wildman–Crippen LogP) is 2.72. The summed E-state index contributed by atoms with van der Waals surface area (Å²) < 4.78 is 9.98. The standard InChI is InChI=1S/C17H15N3O4S/c1-10(19)13(7-18)15(21)8-24-17(22)14-9-25-16(20-14)11-3-5-12(23-2)6-4-11/h3-6,9,13,19H,8H2,1-2H3. The van der Waals surface area contributed by atoms with Gasteiger partial charge in [0.15, 0.2) is 18.1 Å². The maximum Gasteiger partial charge on any atom is 0.358 e. The normalized spacial score (nSPS) is 11.2. The van der Waals surface area contributed by atoms with Crippen LogP contribution in [0.5, 0.6) is 5.75 Å². The first-order chi connectivity index (χ1) is 12.0. The number of benzene rings is 1. The lowest BCUT2D eigenvalue weighted by Gasteiger charge is -2.06. The molecule has 0 saturated heterocycles. The van der Waals surface area contributed by atoms with Crippen LogP contribution < -0.4 is 4.74 Å². The molecule has 0 saturated carbocycles. The van der Waals surface area contributed by atoms with Crippen LogP contribution in [0.4, 0.5) is 0 Å². The molecule has 8 heteroatoms. The zero-order valence-electron chi connectivity index (χ0n) is 13.6. The summed E-state index contributed by atoms with van der Waals surface area (Å²) in [4.78, 5) is 28.0. The van der Waals surface area contributed by atoms with Gasteiger partial charge >= 0.3 is 5.97 Å². The molecule has 2 aromatic rings. The number of nitrogens with one attached hydrogen (secondary N) is 1. The molecule has 2 rings (SSSR count). The van der Waals surface area contributed by atoms with Crippen LogP contribution in [0.15, 0.2) is 29.6 Å². The van der Waals surface area contributed by atoms with Crippen molar-refractivity contribution in [3.8, 4) is 22.4 Å². The van der Waals surface area contributed by atoms with E-state index in [9.17, 15) is 9.59 Å². The summed E-state index contributed by atoms with van der Waals surface area (Å²) in [6, 6.07) is 8.92. The first-order valence-electron chi connectivity index (χ1n) is 7.20. The Bertz CT molecular complexity index is 836. The molecule has 1 aromatic heterocycles. The first-order valence-corrected chi connectivity index (χ1v) is 8.08. The Balaban J connectivity index is 2.01. The van der Waals surface area contributed by atoms with Gasteiger partial charge in [-0.1, -0.05) is 0 Å². The number of esters is 1. The molecule has 0 aliphatic carbocycles. The van der Waals surface area contributed by atoms with Gasteiger partial charge < -0.3 is 14.9 Å². The second kappa shape index (κ2) is 8.17. The Morgan fingerprint density at radius 1 is 1.36 bits per heavy atom. The van der Waals surface area contributed by atoms with Gasteiger partial charge in [0.05, 0.1) is 13.2 Å². The fourth-order valence-electron chi connectivity index (χ4n) is 1.94. The number of methoxy groups -OCH3 is 1. The molecule has 0 aliphatic heterocycles. The summed E-state index contributed by atoms with van der Waals surface area (Å²) >= 11 is 1.27. The number of hydrogen-bond acceptors (Lipinski definition) is 8. The number of rotatable bonds is 7. The molecule has 128 valence electrons. The molecule has 0 radical (unpaired) electrons. The van der Waals surface area contributed by atoms with Crippen LogP contribution in [0, 0.1) is 22.7 Å². The molecule has 0 fully saturated rings. The molecule has 1 aromatic carbocycles. The van der Waals surface area contributed by atoms with Crippen LogP contribution in [-0.2, 0) is 9.53 Å². The molecule has 0 amide bonds. The van der Waals surface area contributed by atoms with Crippen molar-refractivity contribution in [2.75, 3.05) is 13.7 Å². The van der Waals surface area contributed by atoms with Crippen molar-refractivity contribution in [1.82, 2.24) is 4.98 Å². The van der Waals surface area contributed by atoms with Gasteiger partial charge in [-0.2, -0.15) is 5.26 Å². The Hall–Kier alpha value is -3.05. The van der Waals surface area contributed by atoms with Crippen LogP contribution in [0.25, 0.3) is 10.6 Å². The Morgan fingerprint density at radius 2 is 2.04 bits per heavy atom.